The van der Waals surface area contributed by atoms with Crippen LogP contribution in [0.4, 0.5) is 0 Å². The quantitative estimate of drug-likeness (QED) is 0.193. The lowest BCUT2D eigenvalue weighted by molar-refractivity contribution is 1.18. The van der Waals surface area contributed by atoms with E-state index in [9.17, 15) is 15.8 Å². The normalized spacial score (nSPS) is 11.1. The molecule has 0 N–H and O–H groups in total. The molecule has 0 fully saturated rings. The van der Waals surface area contributed by atoms with Crippen molar-refractivity contribution in [1.82, 2.24) is 9.13 Å². The largest absolute Gasteiger partial charge is 0.309 e. The second-order valence-electron chi connectivity index (χ2n) is 12.3. The molecule has 0 radical (unpaired) electrons. The van der Waals surface area contributed by atoms with Gasteiger partial charge in [0.05, 0.1) is 62.7 Å². The van der Waals surface area contributed by atoms with Crippen molar-refractivity contribution in [3.8, 4) is 51.8 Å². The molecule has 5 heteroatoms. The molecule has 2 aromatic heterocycles. The van der Waals surface area contributed by atoms with E-state index in [1.807, 2.05) is 72.8 Å². The lowest BCUT2D eigenvalue weighted by Crippen LogP contribution is -1.98. The first kappa shape index (κ1) is 28.8. The van der Waals surface area contributed by atoms with Gasteiger partial charge in [0, 0.05) is 32.8 Å². The third-order valence-corrected chi connectivity index (χ3v) is 9.62. The molecular weight excluding hydrogens is 611 g/mol. The monoisotopic (exact) mass is 635 g/mol. The molecule has 0 saturated heterocycles. The summed E-state index contributed by atoms with van der Waals surface area (Å²) >= 11 is 0. The summed E-state index contributed by atoms with van der Waals surface area (Å²) < 4.78 is 4.46. The average Bonchev–Trinajstić information content (AvgIpc) is 3.70. The number of aromatic nitrogens is 2. The highest BCUT2D eigenvalue weighted by molar-refractivity contribution is 6.12. The third-order valence-electron chi connectivity index (χ3n) is 9.62. The van der Waals surface area contributed by atoms with E-state index in [2.05, 4.69) is 106 Å². The van der Waals surface area contributed by atoms with Gasteiger partial charge < -0.3 is 9.13 Å². The number of benzene rings is 7. The van der Waals surface area contributed by atoms with Gasteiger partial charge in [-0.05, 0) is 89.5 Å². The summed E-state index contributed by atoms with van der Waals surface area (Å²) in [6.07, 6.45) is 0. The minimum atomic E-state index is 0.582. The zero-order chi connectivity index (χ0) is 33.8. The Balaban J connectivity index is 1.17. The van der Waals surface area contributed by atoms with Crippen LogP contribution >= 0.6 is 0 Å². The van der Waals surface area contributed by atoms with E-state index >= 15 is 0 Å². The van der Waals surface area contributed by atoms with Crippen LogP contribution < -0.4 is 0 Å². The van der Waals surface area contributed by atoms with Crippen molar-refractivity contribution in [2.75, 3.05) is 0 Å². The van der Waals surface area contributed by atoms with Gasteiger partial charge in [-0.3, -0.25) is 0 Å². The number of hydrogen-bond acceptors (Lipinski definition) is 3. The van der Waals surface area contributed by atoms with Crippen molar-refractivity contribution >= 4 is 43.6 Å². The molecular formula is C45H25N5. The molecule has 0 unspecified atom stereocenters. The van der Waals surface area contributed by atoms with Crippen LogP contribution in [0.15, 0.2) is 152 Å². The fraction of sp³-hybridized carbons (Fsp3) is 0. The number of nitrogens with zero attached hydrogens (tertiary/aromatic N) is 5. The molecule has 230 valence electrons. The van der Waals surface area contributed by atoms with Gasteiger partial charge >= 0.3 is 0 Å². The lowest BCUT2D eigenvalue weighted by Gasteiger charge is -2.15. The van der Waals surface area contributed by atoms with Gasteiger partial charge in [0.25, 0.3) is 0 Å². The van der Waals surface area contributed by atoms with Crippen LogP contribution in [-0.2, 0) is 0 Å². The summed E-state index contributed by atoms with van der Waals surface area (Å²) in [4.78, 5) is 0. The summed E-state index contributed by atoms with van der Waals surface area (Å²) in [5.41, 5.74) is 12.0. The fourth-order valence-corrected chi connectivity index (χ4v) is 7.39. The molecule has 0 amide bonds. The maximum Gasteiger partial charge on any atom is 0.0998 e. The number of para-hydroxylation sites is 2. The molecule has 0 bridgehead atoms. The van der Waals surface area contributed by atoms with Crippen LogP contribution in [0.5, 0.6) is 0 Å². The summed E-state index contributed by atoms with van der Waals surface area (Å²) in [5.74, 6) is 0. The number of fused-ring (bicyclic) bond motifs is 6. The van der Waals surface area contributed by atoms with Crippen LogP contribution in [-0.4, -0.2) is 9.13 Å². The van der Waals surface area contributed by atoms with E-state index < -0.39 is 0 Å². The molecule has 2 heterocycles. The minimum Gasteiger partial charge on any atom is -0.309 e. The minimum absolute atomic E-state index is 0.582. The standard InChI is InChI=1S/C45H25N5/c46-26-29-15-21-42(50-40-12-3-1-10-36(40)39-24-30(27-47)16-22-43(39)50)38(23-29)32-19-17-31(18-20-32)33-7-5-9-35(25-33)49-41-13-4-2-11-37(41)45-34(28-48)8-6-14-44(45)49/h1-25H. The zero-order valence-corrected chi connectivity index (χ0v) is 26.7. The second kappa shape index (κ2) is 11.4. The van der Waals surface area contributed by atoms with Crippen molar-refractivity contribution in [2.45, 2.75) is 0 Å². The Kier molecular flexibility index (Phi) is 6.56. The Morgan fingerprint density at radius 3 is 1.82 bits per heavy atom. The van der Waals surface area contributed by atoms with E-state index in [1.54, 1.807) is 0 Å². The maximum absolute atomic E-state index is 9.90. The van der Waals surface area contributed by atoms with Gasteiger partial charge in [-0.1, -0.05) is 78.9 Å². The SMILES string of the molecule is N#Cc1ccc(-n2c3ccccc3c3cc(C#N)ccc32)c(-c2ccc(-c3cccc(-n4c5ccccc5c5c(C#N)cccc54)c3)cc2)c1. The molecule has 9 rings (SSSR count). The predicted octanol–water partition coefficient (Wildman–Crippen LogP) is 10.8. The summed E-state index contributed by atoms with van der Waals surface area (Å²) in [6.45, 7) is 0. The smallest absolute Gasteiger partial charge is 0.0998 e. The summed E-state index contributed by atoms with van der Waals surface area (Å²) in [6, 6.07) is 57.9. The average molecular weight is 636 g/mol. The van der Waals surface area contributed by atoms with E-state index in [1.165, 1.54) is 0 Å². The van der Waals surface area contributed by atoms with Crippen molar-refractivity contribution < 1.29 is 0 Å². The first-order chi connectivity index (χ1) is 24.7. The van der Waals surface area contributed by atoms with Crippen LogP contribution in [0.1, 0.15) is 16.7 Å². The first-order valence-electron chi connectivity index (χ1n) is 16.3. The lowest BCUT2D eigenvalue weighted by atomic mass is 9.97. The predicted molar refractivity (Wildman–Crippen MR) is 200 cm³/mol. The third kappa shape index (κ3) is 4.38. The van der Waals surface area contributed by atoms with Crippen LogP contribution in [0, 0.1) is 34.0 Å². The Labute approximate surface area is 287 Å². The molecule has 0 spiro atoms. The van der Waals surface area contributed by atoms with Gasteiger partial charge in [0.1, 0.15) is 0 Å². The van der Waals surface area contributed by atoms with Crippen molar-refractivity contribution in [3.63, 3.8) is 0 Å². The molecule has 0 saturated carbocycles. The van der Waals surface area contributed by atoms with Crippen molar-refractivity contribution in [3.05, 3.63) is 168 Å². The van der Waals surface area contributed by atoms with Crippen molar-refractivity contribution in [2.24, 2.45) is 0 Å². The Bertz CT molecular complexity index is 2960. The van der Waals surface area contributed by atoms with E-state index in [-0.39, 0.29) is 0 Å². The zero-order valence-electron chi connectivity index (χ0n) is 26.7. The Hall–Kier alpha value is -7.39. The number of nitriles is 3. The molecule has 50 heavy (non-hydrogen) atoms. The number of rotatable bonds is 4. The van der Waals surface area contributed by atoms with Crippen molar-refractivity contribution in [1.29, 1.82) is 15.8 Å². The molecule has 5 nitrogen and oxygen atoms in total. The second-order valence-corrected chi connectivity index (χ2v) is 12.3. The molecule has 0 aliphatic carbocycles. The van der Waals surface area contributed by atoms with Crippen LogP contribution in [0.3, 0.4) is 0 Å². The molecule has 9 aromatic rings. The summed E-state index contributed by atoms with van der Waals surface area (Å²) in [7, 11) is 0. The topological polar surface area (TPSA) is 81.2 Å². The van der Waals surface area contributed by atoms with Gasteiger partial charge in [-0.2, -0.15) is 15.8 Å². The van der Waals surface area contributed by atoms with E-state index in [4.69, 9.17) is 0 Å². The molecule has 7 aromatic carbocycles. The maximum atomic E-state index is 9.90. The van der Waals surface area contributed by atoms with Gasteiger partial charge in [0.2, 0.25) is 0 Å². The van der Waals surface area contributed by atoms with Crippen LogP contribution in [0.25, 0.3) is 77.2 Å². The van der Waals surface area contributed by atoms with Crippen LogP contribution in [0.2, 0.25) is 0 Å². The Morgan fingerprint density at radius 2 is 1.04 bits per heavy atom. The van der Waals surface area contributed by atoms with Gasteiger partial charge in [-0.15, -0.1) is 0 Å². The van der Waals surface area contributed by atoms with E-state index in [0.29, 0.717) is 16.7 Å². The van der Waals surface area contributed by atoms with E-state index in [0.717, 1.165) is 77.2 Å². The number of hydrogen-bond donors (Lipinski definition) is 0. The molecule has 0 aliphatic rings. The van der Waals surface area contributed by atoms with Gasteiger partial charge in [0.15, 0.2) is 0 Å². The molecule has 0 atom stereocenters. The highest BCUT2D eigenvalue weighted by Gasteiger charge is 2.18. The molecule has 0 aliphatic heterocycles. The first-order valence-corrected chi connectivity index (χ1v) is 16.3. The highest BCUT2D eigenvalue weighted by Crippen LogP contribution is 2.39. The Morgan fingerprint density at radius 1 is 0.400 bits per heavy atom. The fourth-order valence-electron chi connectivity index (χ4n) is 7.39. The highest BCUT2D eigenvalue weighted by atomic mass is 15.0. The van der Waals surface area contributed by atoms with Gasteiger partial charge in [-0.25, -0.2) is 0 Å². The summed E-state index contributed by atoms with van der Waals surface area (Å²) in [5, 5.41) is 33.5.